The van der Waals surface area contributed by atoms with E-state index in [1.165, 1.54) is 0 Å². The Labute approximate surface area is 162 Å². The molecule has 3 rings (SSSR count). The van der Waals surface area contributed by atoms with Gasteiger partial charge < -0.3 is 10.6 Å². The topological polar surface area (TPSA) is 77.0 Å². The van der Waals surface area contributed by atoms with E-state index in [1.54, 1.807) is 4.68 Å². The van der Waals surface area contributed by atoms with Crippen LogP contribution in [-0.2, 0) is 0 Å². The van der Waals surface area contributed by atoms with Gasteiger partial charge in [-0.15, -0.1) is 17.5 Å². The average molecular weight is 429 g/mol. The molecule has 136 valence electrons. The van der Waals surface area contributed by atoms with Crippen molar-refractivity contribution >= 4 is 34.2 Å². The molecule has 2 N–H and O–H groups in total. The summed E-state index contributed by atoms with van der Waals surface area (Å²) in [6, 6.07) is 7.78. The fourth-order valence-corrected chi connectivity index (χ4v) is 3.66. The van der Waals surface area contributed by atoms with Crippen molar-refractivity contribution < 1.29 is 4.79 Å². The standard InChI is InChI=1S/C17H22BrN5O.ClH/c1-11(19)15-8-3-4-9-22(15)17(24)16-12(2)23(21-20-16)14-7-5-6-13(18)10-14;/h5-7,10-11,15H,3-4,8-9,19H2,1-2H3;1H. The maximum Gasteiger partial charge on any atom is 0.276 e. The molecule has 6 nitrogen and oxygen atoms in total. The lowest BCUT2D eigenvalue weighted by Gasteiger charge is -2.37. The van der Waals surface area contributed by atoms with Crippen LogP contribution in [0.2, 0.25) is 0 Å². The van der Waals surface area contributed by atoms with Gasteiger partial charge in [-0.2, -0.15) is 0 Å². The van der Waals surface area contributed by atoms with Crippen LogP contribution in [0.5, 0.6) is 0 Å². The lowest BCUT2D eigenvalue weighted by Crippen LogP contribution is -2.51. The molecule has 2 aromatic rings. The van der Waals surface area contributed by atoms with Gasteiger partial charge >= 0.3 is 0 Å². The number of carbonyl (C=O) groups excluding carboxylic acids is 1. The zero-order chi connectivity index (χ0) is 17.3. The van der Waals surface area contributed by atoms with Crippen molar-refractivity contribution in [2.45, 2.75) is 45.2 Å². The Morgan fingerprint density at radius 2 is 2.16 bits per heavy atom. The maximum atomic E-state index is 13.0. The first-order valence-corrected chi connectivity index (χ1v) is 9.03. The molecule has 1 aliphatic rings. The molecule has 1 fully saturated rings. The highest BCUT2D eigenvalue weighted by Gasteiger charge is 2.32. The van der Waals surface area contributed by atoms with Crippen LogP contribution in [0.3, 0.4) is 0 Å². The molecule has 2 heterocycles. The molecule has 1 aromatic heterocycles. The first kappa shape index (κ1) is 19.9. The summed E-state index contributed by atoms with van der Waals surface area (Å²) in [4.78, 5) is 14.9. The lowest BCUT2D eigenvalue weighted by atomic mass is 9.96. The summed E-state index contributed by atoms with van der Waals surface area (Å²) in [7, 11) is 0. The van der Waals surface area contributed by atoms with Crippen LogP contribution >= 0.6 is 28.3 Å². The van der Waals surface area contributed by atoms with Gasteiger partial charge in [0, 0.05) is 23.1 Å². The third-order valence-corrected chi connectivity index (χ3v) is 5.06. The summed E-state index contributed by atoms with van der Waals surface area (Å²) < 4.78 is 2.65. The van der Waals surface area contributed by atoms with Crippen LogP contribution in [0.1, 0.15) is 42.4 Å². The minimum atomic E-state index is -0.0734. The second kappa shape index (κ2) is 8.29. The molecular weight excluding hydrogens is 406 g/mol. The molecule has 0 aliphatic carbocycles. The number of nitrogens with two attached hydrogens (primary N) is 1. The number of piperidine rings is 1. The third-order valence-electron chi connectivity index (χ3n) is 4.57. The Morgan fingerprint density at radius 1 is 1.40 bits per heavy atom. The fraction of sp³-hybridized carbons (Fsp3) is 0.471. The number of nitrogens with zero attached hydrogens (tertiary/aromatic N) is 4. The number of amides is 1. The van der Waals surface area contributed by atoms with Crippen LogP contribution in [0, 0.1) is 6.92 Å². The van der Waals surface area contributed by atoms with Crippen molar-refractivity contribution in [3.63, 3.8) is 0 Å². The second-order valence-corrected chi connectivity index (χ2v) is 7.25. The third kappa shape index (κ3) is 4.04. The van der Waals surface area contributed by atoms with Crippen molar-refractivity contribution in [1.82, 2.24) is 19.9 Å². The predicted molar refractivity (Wildman–Crippen MR) is 103 cm³/mol. The largest absolute Gasteiger partial charge is 0.333 e. The van der Waals surface area contributed by atoms with Gasteiger partial charge in [-0.3, -0.25) is 4.79 Å². The van der Waals surface area contributed by atoms with Gasteiger partial charge in [0.2, 0.25) is 0 Å². The van der Waals surface area contributed by atoms with Crippen molar-refractivity contribution in [3.8, 4) is 5.69 Å². The Hall–Kier alpha value is -1.44. The molecule has 0 radical (unpaired) electrons. The summed E-state index contributed by atoms with van der Waals surface area (Å²) in [6.07, 6.45) is 3.07. The Balaban J connectivity index is 0.00000225. The van der Waals surface area contributed by atoms with Crippen molar-refractivity contribution in [3.05, 3.63) is 40.1 Å². The zero-order valence-corrected chi connectivity index (χ0v) is 16.8. The predicted octanol–water partition coefficient (Wildman–Crippen LogP) is 3.10. The molecule has 2 atom stereocenters. The number of likely N-dealkylation sites (tertiary alicyclic amines) is 1. The van der Waals surface area contributed by atoms with Crippen LogP contribution in [0.25, 0.3) is 5.69 Å². The molecule has 0 bridgehead atoms. The molecule has 1 amide bonds. The highest BCUT2D eigenvalue weighted by atomic mass is 79.9. The van der Waals surface area contributed by atoms with E-state index in [2.05, 4.69) is 26.2 Å². The molecule has 0 spiro atoms. The van der Waals surface area contributed by atoms with Gasteiger partial charge in [0.25, 0.3) is 5.91 Å². The number of carbonyl (C=O) groups is 1. The molecule has 1 saturated heterocycles. The van der Waals surface area contributed by atoms with E-state index in [4.69, 9.17) is 5.73 Å². The van der Waals surface area contributed by atoms with E-state index in [-0.39, 0.29) is 30.4 Å². The maximum absolute atomic E-state index is 13.0. The van der Waals surface area contributed by atoms with Gasteiger partial charge in [0.1, 0.15) is 0 Å². The van der Waals surface area contributed by atoms with E-state index < -0.39 is 0 Å². The summed E-state index contributed by atoms with van der Waals surface area (Å²) in [5.74, 6) is -0.0734. The quantitative estimate of drug-likeness (QED) is 0.815. The van der Waals surface area contributed by atoms with Crippen LogP contribution in [0.4, 0.5) is 0 Å². The highest BCUT2D eigenvalue weighted by Crippen LogP contribution is 2.23. The van der Waals surface area contributed by atoms with Gasteiger partial charge in [0.15, 0.2) is 5.69 Å². The minimum Gasteiger partial charge on any atom is -0.333 e. The normalized spacial score (nSPS) is 18.6. The lowest BCUT2D eigenvalue weighted by molar-refractivity contribution is 0.0577. The summed E-state index contributed by atoms with van der Waals surface area (Å²) in [5.41, 5.74) is 8.10. The first-order chi connectivity index (χ1) is 11.5. The molecule has 25 heavy (non-hydrogen) atoms. The zero-order valence-electron chi connectivity index (χ0n) is 14.4. The molecular formula is C17H23BrClN5O. The first-order valence-electron chi connectivity index (χ1n) is 8.24. The van der Waals surface area contributed by atoms with E-state index in [1.807, 2.05) is 43.0 Å². The molecule has 8 heteroatoms. The van der Waals surface area contributed by atoms with E-state index in [9.17, 15) is 4.79 Å². The summed E-state index contributed by atoms with van der Waals surface area (Å²) in [5, 5.41) is 8.34. The monoisotopic (exact) mass is 427 g/mol. The van der Waals surface area contributed by atoms with Crippen molar-refractivity contribution in [2.24, 2.45) is 5.73 Å². The summed E-state index contributed by atoms with van der Waals surface area (Å²) >= 11 is 3.46. The van der Waals surface area contributed by atoms with Crippen LogP contribution < -0.4 is 5.73 Å². The Bertz CT molecular complexity index is 748. The van der Waals surface area contributed by atoms with Crippen molar-refractivity contribution in [2.75, 3.05) is 6.54 Å². The molecule has 1 aromatic carbocycles. The Morgan fingerprint density at radius 3 is 2.84 bits per heavy atom. The summed E-state index contributed by atoms with van der Waals surface area (Å²) in [6.45, 7) is 4.56. The van der Waals surface area contributed by atoms with Gasteiger partial charge in [-0.05, 0) is 51.3 Å². The molecule has 0 saturated carbocycles. The van der Waals surface area contributed by atoms with E-state index in [0.717, 1.165) is 41.7 Å². The minimum absolute atomic E-state index is 0. The Kier molecular flexibility index (Phi) is 6.59. The number of hydrogen-bond acceptors (Lipinski definition) is 4. The fourth-order valence-electron chi connectivity index (χ4n) is 3.27. The van der Waals surface area contributed by atoms with Crippen LogP contribution in [0.15, 0.2) is 28.7 Å². The van der Waals surface area contributed by atoms with Gasteiger partial charge in [-0.1, -0.05) is 27.2 Å². The van der Waals surface area contributed by atoms with Gasteiger partial charge in [0.05, 0.1) is 11.4 Å². The average Bonchev–Trinajstić information content (AvgIpc) is 2.95. The number of hydrogen-bond donors (Lipinski definition) is 1. The number of aromatic nitrogens is 3. The molecule has 2 unspecified atom stereocenters. The number of benzene rings is 1. The van der Waals surface area contributed by atoms with E-state index in [0.29, 0.717) is 5.69 Å². The SMILES string of the molecule is Cc1c(C(=O)N2CCCCC2C(C)N)nnn1-c1cccc(Br)c1.Cl. The number of halogens is 2. The van der Waals surface area contributed by atoms with E-state index >= 15 is 0 Å². The second-order valence-electron chi connectivity index (χ2n) is 6.34. The highest BCUT2D eigenvalue weighted by molar-refractivity contribution is 9.10. The smallest absolute Gasteiger partial charge is 0.276 e. The van der Waals surface area contributed by atoms with Crippen molar-refractivity contribution in [1.29, 1.82) is 0 Å². The number of rotatable bonds is 3. The van der Waals surface area contributed by atoms with Gasteiger partial charge in [-0.25, -0.2) is 4.68 Å². The van der Waals surface area contributed by atoms with Crippen LogP contribution in [-0.4, -0.2) is 44.4 Å². The molecule has 1 aliphatic heterocycles.